The van der Waals surface area contributed by atoms with E-state index in [1.54, 1.807) is 68.4 Å². The molecule has 0 radical (unpaired) electrons. The molecular weight excluding hydrogens is 372 g/mol. The molecule has 7 nitrogen and oxygen atoms in total. The van der Waals surface area contributed by atoms with Gasteiger partial charge in [0.15, 0.2) is 12.4 Å². The third-order valence-electron chi connectivity index (χ3n) is 4.14. The molecule has 29 heavy (non-hydrogen) atoms. The first-order valence-corrected chi connectivity index (χ1v) is 9.21. The number of nitrogens with one attached hydrogen (secondary N) is 2. The normalized spacial score (nSPS) is 11.4. The predicted octanol–water partition coefficient (Wildman–Crippen LogP) is 2.83. The van der Waals surface area contributed by atoms with Gasteiger partial charge < -0.3 is 15.4 Å². The number of carbonyl (C=O) groups excluding carboxylic acids is 4. The number of amides is 2. The predicted molar refractivity (Wildman–Crippen MR) is 109 cm³/mol. The van der Waals surface area contributed by atoms with Crippen LogP contribution in [0.3, 0.4) is 0 Å². The van der Waals surface area contributed by atoms with Crippen LogP contribution in [-0.4, -0.2) is 36.2 Å². The lowest BCUT2D eigenvalue weighted by atomic mass is 10.0. The molecule has 152 valence electrons. The van der Waals surface area contributed by atoms with Crippen molar-refractivity contribution < 1.29 is 23.9 Å². The minimum Gasteiger partial charge on any atom is -0.454 e. The molecule has 0 heterocycles. The van der Waals surface area contributed by atoms with Crippen molar-refractivity contribution in [2.45, 2.75) is 26.8 Å². The highest BCUT2D eigenvalue weighted by atomic mass is 16.5. The van der Waals surface area contributed by atoms with Crippen LogP contribution in [0.15, 0.2) is 54.6 Å². The molecule has 7 heteroatoms. The number of hydrogen-bond donors (Lipinski definition) is 2. The van der Waals surface area contributed by atoms with Gasteiger partial charge in [0.05, 0.1) is 0 Å². The summed E-state index contributed by atoms with van der Waals surface area (Å²) >= 11 is 0. The van der Waals surface area contributed by atoms with Crippen molar-refractivity contribution >= 4 is 29.3 Å². The summed E-state index contributed by atoms with van der Waals surface area (Å²) in [5.41, 5.74) is 1.31. The van der Waals surface area contributed by atoms with Crippen LogP contribution in [0.4, 0.5) is 5.69 Å². The molecule has 0 unspecified atom stereocenters. The third kappa shape index (κ3) is 6.57. The lowest BCUT2D eigenvalue weighted by Gasteiger charge is -2.20. The van der Waals surface area contributed by atoms with Gasteiger partial charge in [0, 0.05) is 16.8 Å². The highest BCUT2D eigenvalue weighted by molar-refractivity contribution is 5.98. The van der Waals surface area contributed by atoms with Crippen molar-refractivity contribution in [1.82, 2.24) is 5.32 Å². The van der Waals surface area contributed by atoms with Crippen LogP contribution >= 0.6 is 0 Å². The minimum absolute atomic E-state index is 0.124. The zero-order valence-electron chi connectivity index (χ0n) is 16.6. The number of carbonyl (C=O) groups is 4. The Kier molecular flexibility index (Phi) is 7.65. The van der Waals surface area contributed by atoms with E-state index in [1.807, 2.05) is 0 Å². The van der Waals surface area contributed by atoms with E-state index in [9.17, 15) is 19.2 Å². The first kappa shape index (κ1) is 21.8. The zero-order chi connectivity index (χ0) is 21.4. The SMILES string of the molecule is CC(=O)c1cccc(NC(=O)COC(=O)[C@@H](NC(=O)c2ccccc2)C(C)C)c1. The first-order valence-electron chi connectivity index (χ1n) is 9.21. The quantitative estimate of drug-likeness (QED) is 0.528. The summed E-state index contributed by atoms with van der Waals surface area (Å²) in [7, 11) is 0. The van der Waals surface area contributed by atoms with Crippen molar-refractivity contribution in [3.63, 3.8) is 0 Å². The van der Waals surface area contributed by atoms with E-state index in [-0.39, 0.29) is 11.7 Å². The number of hydrogen-bond acceptors (Lipinski definition) is 5. The van der Waals surface area contributed by atoms with Gasteiger partial charge in [0.25, 0.3) is 11.8 Å². The summed E-state index contributed by atoms with van der Waals surface area (Å²) in [5.74, 6) is -1.99. The number of benzene rings is 2. The molecule has 0 aliphatic heterocycles. The maximum absolute atomic E-state index is 12.4. The number of ketones is 1. The standard InChI is InChI=1S/C22H24N2O5/c1-14(2)20(24-21(27)16-8-5-4-6-9-16)22(28)29-13-19(26)23-18-11-7-10-17(12-18)15(3)25/h4-12,14,20H,13H2,1-3H3,(H,23,26)(H,24,27)/t20-/m0/s1. The van der Waals surface area contributed by atoms with E-state index >= 15 is 0 Å². The summed E-state index contributed by atoms with van der Waals surface area (Å²) in [6, 6.07) is 14.1. The zero-order valence-corrected chi connectivity index (χ0v) is 16.6. The lowest BCUT2D eigenvalue weighted by molar-refractivity contribution is -0.150. The van der Waals surface area contributed by atoms with Gasteiger partial charge in [-0.25, -0.2) is 4.79 Å². The van der Waals surface area contributed by atoms with Gasteiger partial charge in [-0.05, 0) is 37.1 Å². The largest absolute Gasteiger partial charge is 0.454 e. The van der Waals surface area contributed by atoms with E-state index in [4.69, 9.17) is 4.74 Å². The molecule has 0 bridgehead atoms. The van der Waals surface area contributed by atoms with E-state index in [0.29, 0.717) is 16.8 Å². The summed E-state index contributed by atoms with van der Waals surface area (Å²) < 4.78 is 5.08. The van der Waals surface area contributed by atoms with Crippen molar-refractivity contribution in [2.24, 2.45) is 5.92 Å². The van der Waals surface area contributed by atoms with Crippen molar-refractivity contribution in [1.29, 1.82) is 0 Å². The number of ether oxygens (including phenoxy) is 1. The molecular formula is C22H24N2O5. The average Bonchev–Trinajstić information content (AvgIpc) is 2.70. The van der Waals surface area contributed by atoms with Crippen LogP contribution in [0.2, 0.25) is 0 Å². The molecule has 2 amide bonds. The number of anilines is 1. The molecule has 2 N–H and O–H groups in total. The Morgan fingerprint density at radius 3 is 2.21 bits per heavy atom. The summed E-state index contributed by atoms with van der Waals surface area (Å²) in [6.07, 6.45) is 0. The highest BCUT2D eigenvalue weighted by Gasteiger charge is 2.26. The Labute approximate surface area is 169 Å². The second-order valence-corrected chi connectivity index (χ2v) is 6.85. The Morgan fingerprint density at radius 1 is 0.931 bits per heavy atom. The van der Waals surface area contributed by atoms with Crippen LogP contribution in [0.25, 0.3) is 0 Å². The summed E-state index contributed by atoms with van der Waals surface area (Å²) in [4.78, 5) is 48.2. The van der Waals surface area contributed by atoms with Crippen LogP contribution in [0.1, 0.15) is 41.5 Å². The number of Topliss-reactive ketones (excluding diaryl/α,β-unsaturated/α-hetero) is 1. The van der Waals surface area contributed by atoms with Gasteiger partial charge in [0.1, 0.15) is 6.04 Å². The fourth-order valence-corrected chi connectivity index (χ4v) is 2.55. The van der Waals surface area contributed by atoms with Gasteiger partial charge in [-0.3, -0.25) is 14.4 Å². The lowest BCUT2D eigenvalue weighted by Crippen LogP contribution is -2.45. The highest BCUT2D eigenvalue weighted by Crippen LogP contribution is 2.11. The van der Waals surface area contributed by atoms with Gasteiger partial charge in [0.2, 0.25) is 0 Å². The Bertz CT molecular complexity index is 893. The maximum Gasteiger partial charge on any atom is 0.329 e. The van der Waals surface area contributed by atoms with Crippen LogP contribution in [0, 0.1) is 5.92 Å². The molecule has 0 aromatic heterocycles. The topological polar surface area (TPSA) is 102 Å². The van der Waals surface area contributed by atoms with E-state index in [2.05, 4.69) is 10.6 Å². The van der Waals surface area contributed by atoms with Crippen molar-refractivity contribution in [3.05, 3.63) is 65.7 Å². The fraction of sp³-hybridized carbons (Fsp3) is 0.273. The molecule has 1 atom stereocenters. The smallest absolute Gasteiger partial charge is 0.329 e. The average molecular weight is 396 g/mol. The Morgan fingerprint density at radius 2 is 1.59 bits per heavy atom. The maximum atomic E-state index is 12.4. The second kappa shape index (κ2) is 10.2. The Balaban J connectivity index is 1.92. The van der Waals surface area contributed by atoms with Gasteiger partial charge in [-0.1, -0.05) is 44.2 Å². The van der Waals surface area contributed by atoms with E-state index in [1.165, 1.54) is 6.92 Å². The monoisotopic (exact) mass is 396 g/mol. The third-order valence-corrected chi connectivity index (χ3v) is 4.14. The Hall–Kier alpha value is -3.48. The van der Waals surface area contributed by atoms with Gasteiger partial charge in [-0.15, -0.1) is 0 Å². The molecule has 2 aromatic rings. The summed E-state index contributed by atoms with van der Waals surface area (Å²) in [6.45, 7) is 4.46. The van der Waals surface area contributed by atoms with Crippen LogP contribution in [-0.2, 0) is 14.3 Å². The van der Waals surface area contributed by atoms with Gasteiger partial charge in [-0.2, -0.15) is 0 Å². The van der Waals surface area contributed by atoms with Crippen LogP contribution in [0.5, 0.6) is 0 Å². The fourth-order valence-electron chi connectivity index (χ4n) is 2.55. The van der Waals surface area contributed by atoms with Crippen LogP contribution < -0.4 is 10.6 Å². The molecule has 0 saturated heterocycles. The molecule has 2 rings (SSSR count). The summed E-state index contributed by atoms with van der Waals surface area (Å²) in [5, 5.41) is 5.21. The molecule has 2 aromatic carbocycles. The van der Waals surface area contributed by atoms with Gasteiger partial charge >= 0.3 is 5.97 Å². The first-order chi connectivity index (χ1) is 13.8. The van der Waals surface area contributed by atoms with Crippen molar-refractivity contribution in [3.8, 4) is 0 Å². The van der Waals surface area contributed by atoms with E-state index < -0.39 is 30.4 Å². The number of rotatable bonds is 8. The minimum atomic E-state index is -0.892. The van der Waals surface area contributed by atoms with Crippen molar-refractivity contribution in [2.75, 3.05) is 11.9 Å². The molecule has 0 saturated carbocycles. The van der Waals surface area contributed by atoms with E-state index in [0.717, 1.165) is 0 Å². The number of esters is 1. The molecule has 0 aliphatic rings. The second-order valence-electron chi connectivity index (χ2n) is 6.85. The molecule has 0 fully saturated rings. The molecule has 0 spiro atoms. The molecule has 0 aliphatic carbocycles.